The van der Waals surface area contributed by atoms with E-state index in [0.717, 1.165) is 15.9 Å². The number of fused-ring (bicyclic) bond motifs is 1. The van der Waals surface area contributed by atoms with Crippen molar-refractivity contribution in [2.24, 2.45) is 0 Å². The number of aliphatic carboxylic acids is 1. The summed E-state index contributed by atoms with van der Waals surface area (Å²) < 4.78 is 9.42. The van der Waals surface area contributed by atoms with Crippen molar-refractivity contribution in [2.75, 3.05) is 19.0 Å². The van der Waals surface area contributed by atoms with Crippen molar-refractivity contribution in [3.05, 3.63) is 24.3 Å². The molecule has 0 aliphatic carbocycles. The molecule has 1 atom stereocenters. The summed E-state index contributed by atoms with van der Waals surface area (Å²) in [5.74, 6) is -0.863. The van der Waals surface area contributed by atoms with Gasteiger partial charge in [-0.15, -0.1) is 0 Å². The number of rotatable bonds is 6. The number of nitrogens with zero attached hydrogens (tertiary/aromatic N) is 1. The second-order valence-corrected chi connectivity index (χ2v) is 4.64. The van der Waals surface area contributed by atoms with Crippen LogP contribution in [0.3, 0.4) is 0 Å². The number of carbonyl (C=O) groups is 1. The third-order valence-corrected chi connectivity index (χ3v) is 3.44. The van der Waals surface area contributed by atoms with Gasteiger partial charge in [-0.05, 0) is 23.7 Å². The summed E-state index contributed by atoms with van der Waals surface area (Å²) in [6.07, 6.45) is -0.358. The molecule has 0 spiro atoms. The number of carboxylic acids is 1. The van der Waals surface area contributed by atoms with Crippen molar-refractivity contribution < 1.29 is 14.6 Å². The van der Waals surface area contributed by atoms with E-state index >= 15 is 0 Å². The molecule has 1 aromatic heterocycles. The van der Waals surface area contributed by atoms with E-state index in [-0.39, 0.29) is 12.5 Å². The Morgan fingerprint density at radius 3 is 3.06 bits per heavy atom. The highest BCUT2D eigenvalue weighted by Crippen LogP contribution is 2.27. The Hall–Kier alpha value is -1.66. The lowest BCUT2D eigenvalue weighted by Gasteiger charge is -2.13. The predicted octanol–water partition coefficient (Wildman–Crippen LogP) is 2.20. The Kier molecular flexibility index (Phi) is 4.11. The Morgan fingerprint density at radius 2 is 2.33 bits per heavy atom. The van der Waals surface area contributed by atoms with Gasteiger partial charge in [0.05, 0.1) is 18.0 Å². The molecule has 1 aromatic carbocycles. The average Bonchev–Trinajstić information content (AvgIpc) is 2.77. The molecule has 0 aliphatic heterocycles. The lowest BCUT2D eigenvalue weighted by molar-refractivity contribution is -0.139. The smallest absolute Gasteiger partial charge is 0.306 e. The predicted molar refractivity (Wildman–Crippen MR) is 71.2 cm³/mol. The normalized spacial score (nSPS) is 12.5. The molecule has 0 fully saturated rings. The summed E-state index contributed by atoms with van der Waals surface area (Å²) in [6.45, 7) is 0.453. The first-order valence-corrected chi connectivity index (χ1v) is 6.31. The zero-order valence-corrected chi connectivity index (χ0v) is 10.7. The fourth-order valence-electron chi connectivity index (χ4n) is 1.66. The standard InChI is InChI=1S/C12H14N2O3S/c1-17-8(6-11(15)16)7-13-12-9-4-2-3-5-10(9)14-18-12/h2-5,8,13H,6-7H2,1H3,(H,15,16). The fraction of sp³-hybridized carbons (Fsp3) is 0.333. The van der Waals surface area contributed by atoms with E-state index in [1.54, 1.807) is 0 Å². The fourth-order valence-corrected chi connectivity index (χ4v) is 2.42. The third kappa shape index (κ3) is 2.96. The minimum atomic E-state index is -0.863. The summed E-state index contributed by atoms with van der Waals surface area (Å²) in [5, 5.41) is 13.9. The first-order valence-electron chi connectivity index (χ1n) is 5.53. The summed E-state index contributed by atoms with van der Waals surface area (Å²) in [6, 6.07) is 7.82. The largest absolute Gasteiger partial charge is 0.481 e. The van der Waals surface area contributed by atoms with Crippen LogP contribution in [0.15, 0.2) is 24.3 Å². The van der Waals surface area contributed by atoms with E-state index in [9.17, 15) is 4.79 Å². The zero-order valence-electron chi connectivity index (χ0n) is 9.92. The average molecular weight is 266 g/mol. The molecular formula is C12H14N2O3S. The molecular weight excluding hydrogens is 252 g/mol. The van der Waals surface area contributed by atoms with E-state index < -0.39 is 5.97 Å². The molecule has 6 heteroatoms. The van der Waals surface area contributed by atoms with Crippen LogP contribution in [0.4, 0.5) is 5.00 Å². The van der Waals surface area contributed by atoms with Gasteiger partial charge in [0.2, 0.25) is 0 Å². The van der Waals surface area contributed by atoms with Crippen LogP contribution in [-0.4, -0.2) is 35.2 Å². The van der Waals surface area contributed by atoms with Gasteiger partial charge in [0.15, 0.2) is 0 Å². The van der Waals surface area contributed by atoms with Gasteiger partial charge >= 0.3 is 5.97 Å². The van der Waals surface area contributed by atoms with E-state index in [4.69, 9.17) is 9.84 Å². The van der Waals surface area contributed by atoms with Gasteiger partial charge in [-0.1, -0.05) is 12.1 Å². The zero-order chi connectivity index (χ0) is 13.0. The molecule has 5 nitrogen and oxygen atoms in total. The molecule has 2 aromatic rings. The van der Waals surface area contributed by atoms with Crippen molar-refractivity contribution in [1.82, 2.24) is 4.37 Å². The Balaban J connectivity index is 2.03. The molecule has 2 N–H and O–H groups in total. The molecule has 0 radical (unpaired) electrons. The molecule has 0 amide bonds. The number of carboxylic acid groups (broad SMARTS) is 1. The number of hydrogen-bond acceptors (Lipinski definition) is 5. The SMILES string of the molecule is COC(CNc1snc2ccccc12)CC(=O)O. The molecule has 0 bridgehead atoms. The van der Waals surface area contributed by atoms with Gasteiger partial charge in [-0.25, -0.2) is 0 Å². The van der Waals surface area contributed by atoms with Gasteiger partial charge < -0.3 is 15.2 Å². The van der Waals surface area contributed by atoms with Crippen LogP contribution in [0.5, 0.6) is 0 Å². The quantitative estimate of drug-likeness (QED) is 0.838. The Bertz CT molecular complexity index is 541. The number of ether oxygens (including phenoxy) is 1. The highest BCUT2D eigenvalue weighted by atomic mass is 32.1. The van der Waals surface area contributed by atoms with Crippen molar-refractivity contribution in [3.8, 4) is 0 Å². The summed E-state index contributed by atoms with van der Waals surface area (Å²) in [7, 11) is 1.51. The monoisotopic (exact) mass is 266 g/mol. The van der Waals surface area contributed by atoms with Crippen molar-refractivity contribution in [3.63, 3.8) is 0 Å². The van der Waals surface area contributed by atoms with Crippen molar-refractivity contribution >= 4 is 33.4 Å². The first-order chi connectivity index (χ1) is 8.70. The van der Waals surface area contributed by atoms with Crippen LogP contribution < -0.4 is 5.32 Å². The first kappa shape index (κ1) is 12.8. The summed E-state index contributed by atoms with van der Waals surface area (Å²) >= 11 is 1.37. The number of anilines is 1. The number of methoxy groups -OCH3 is 1. The highest BCUT2D eigenvalue weighted by Gasteiger charge is 2.13. The Morgan fingerprint density at radius 1 is 1.56 bits per heavy atom. The Labute approximate surface area is 109 Å². The van der Waals surface area contributed by atoms with Gasteiger partial charge in [0, 0.05) is 19.0 Å². The molecule has 1 unspecified atom stereocenters. The maximum atomic E-state index is 10.6. The van der Waals surface area contributed by atoms with Gasteiger partial charge in [-0.2, -0.15) is 4.37 Å². The van der Waals surface area contributed by atoms with Gasteiger partial charge in [0.1, 0.15) is 5.00 Å². The second-order valence-electron chi connectivity index (χ2n) is 3.87. The molecule has 96 valence electrons. The van der Waals surface area contributed by atoms with Crippen LogP contribution in [-0.2, 0) is 9.53 Å². The second kappa shape index (κ2) is 5.79. The minimum Gasteiger partial charge on any atom is -0.481 e. The number of hydrogen-bond donors (Lipinski definition) is 2. The van der Waals surface area contributed by atoms with Crippen LogP contribution in [0.1, 0.15) is 6.42 Å². The van der Waals surface area contributed by atoms with E-state index in [0.29, 0.717) is 6.54 Å². The van der Waals surface area contributed by atoms with Crippen LogP contribution >= 0.6 is 11.5 Å². The lowest BCUT2D eigenvalue weighted by atomic mass is 10.2. The molecule has 0 saturated heterocycles. The minimum absolute atomic E-state index is 0.0137. The number of nitrogens with one attached hydrogen (secondary N) is 1. The highest BCUT2D eigenvalue weighted by molar-refractivity contribution is 7.11. The molecule has 0 aliphatic rings. The van der Waals surface area contributed by atoms with E-state index in [1.807, 2.05) is 24.3 Å². The lowest BCUT2D eigenvalue weighted by Crippen LogP contribution is -2.24. The summed E-state index contributed by atoms with van der Waals surface area (Å²) in [4.78, 5) is 10.6. The molecule has 2 rings (SSSR count). The molecule has 1 heterocycles. The number of aromatic nitrogens is 1. The van der Waals surface area contributed by atoms with E-state index in [1.165, 1.54) is 18.6 Å². The molecule has 18 heavy (non-hydrogen) atoms. The van der Waals surface area contributed by atoms with Crippen LogP contribution in [0, 0.1) is 0 Å². The maximum Gasteiger partial charge on any atom is 0.306 e. The topological polar surface area (TPSA) is 71.5 Å². The summed E-state index contributed by atoms with van der Waals surface area (Å²) in [5.41, 5.74) is 0.942. The van der Waals surface area contributed by atoms with Crippen molar-refractivity contribution in [2.45, 2.75) is 12.5 Å². The van der Waals surface area contributed by atoms with Gasteiger partial charge in [0.25, 0.3) is 0 Å². The molecule has 0 saturated carbocycles. The maximum absolute atomic E-state index is 10.6. The number of benzene rings is 1. The third-order valence-electron chi connectivity index (χ3n) is 2.61. The van der Waals surface area contributed by atoms with Crippen LogP contribution in [0.25, 0.3) is 10.9 Å². The van der Waals surface area contributed by atoms with E-state index in [2.05, 4.69) is 9.69 Å². The van der Waals surface area contributed by atoms with Crippen LogP contribution in [0.2, 0.25) is 0 Å². The van der Waals surface area contributed by atoms with Gasteiger partial charge in [-0.3, -0.25) is 4.79 Å². The van der Waals surface area contributed by atoms with Crippen molar-refractivity contribution in [1.29, 1.82) is 0 Å².